The van der Waals surface area contributed by atoms with E-state index in [0.29, 0.717) is 0 Å². The molecule has 1 saturated heterocycles. The number of hydrogen-bond donors (Lipinski definition) is 1. The summed E-state index contributed by atoms with van der Waals surface area (Å²) in [7, 11) is 0. The highest BCUT2D eigenvalue weighted by Crippen LogP contribution is 2.30. The maximum absolute atomic E-state index is 6.69. The number of rotatable bonds is 3. The highest BCUT2D eigenvalue weighted by molar-refractivity contribution is 6.30. The molecule has 21 heavy (non-hydrogen) atoms. The van der Waals surface area contributed by atoms with Gasteiger partial charge in [0.15, 0.2) is 0 Å². The first-order valence-electron chi connectivity index (χ1n) is 7.47. The van der Waals surface area contributed by atoms with Gasteiger partial charge in [0.2, 0.25) is 0 Å². The van der Waals surface area contributed by atoms with E-state index in [1.807, 2.05) is 12.1 Å². The van der Waals surface area contributed by atoms with Crippen molar-refractivity contribution in [2.24, 2.45) is 5.73 Å². The van der Waals surface area contributed by atoms with Crippen molar-refractivity contribution < 1.29 is 0 Å². The first kappa shape index (κ1) is 14.6. The van der Waals surface area contributed by atoms with Crippen LogP contribution in [0.5, 0.6) is 0 Å². The van der Waals surface area contributed by atoms with E-state index in [9.17, 15) is 0 Å². The van der Waals surface area contributed by atoms with Gasteiger partial charge in [0.1, 0.15) is 0 Å². The SMILES string of the molecule is NC1(c2ccc(Cl)cc2)CCCN(Cc2ccccc2)C1. The number of likely N-dealkylation sites (tertiary alicyclic amines) is 1. The fourth-order valence-electron chi connectivity index (χ4n) is 3.17. The Bertz CT molecular complexity index is 582. The third-order valence-corrected chi connectivity index (χ3v) is 4.52. The average molecular weight is 301 g/mol. The second kappa shape index (κ2) is 6.18. The second-order valence-corrected chi connectivity index (χ2v) is 6.40. The lowest BCUT2D eigenvalue weighted by Gasteiger charge is -2.40. The Labute approximate surface area is 131 Å². The monoisotopic (exact) mass is 300 g/mol. The van der Waals surface area contributed by atoms with Gasteiger partial charge in [0.25, 0.3) is 0 Å². The van der Waals surface area contributed by atoms with Crippen molar-refractivity contribution in [3.63, 3.8) is 0 Å². The third kappa shape index (κ3) is 3.46. The van der Waals surface area contributed by atoms with Gasteiger partial charge >= 0.3 is 0 Å². The lowest BCUT2D eigenvalue weighted by atomic mass is 9.83. The number of nitrogens with zero attached hydrogens (tertiary/aromatic N) is 1. The normalized spacial score (nSPS) is 23.1. The minimum absolute atomic E-state index is 0.266. The lowest BCUT2D eigenvalue weighted by Crippen LogP contribution is -2.51. The first-order chi connectivity index (χ1) is 10.2. The summed E-state index contributed by atoms with van der Waals surface area (Å²) in [5.74, 6) is 0. The summed E-state index contributed by atoms with van der Waals surface area (Å²) < 4.78 is 0. The summed E-state index contributed by atoms with van der Waals surface area (Å²) >= 11 is 5.98. The molecule has 1 fully saturated rings. The molecule has 2 aromatic carbocycles. The van der Waals surface area contributed by atoms with Crippen LogP contribution in [0.4, 0.5) is 0 Å². The fourth-order valence-corrected chi connectivity index (χ4v) is 3.30. The Morgan fingerprint density at radius 3 is 2.48 bits per heavy atom. The summed E-state index contributed by atoms with van der Waals surface area (Å²) in [6.45, 7) is 2.97. The molecule has 2 aromatic rings. The summed E-state index contributed by atoms with van der Waals surface area (Å²) in [5.41, 5.74) is 8.95. The maximum Gasteiger partial charge on any atom is 0.0539 e. The van der Waals surface area contributed by atoms with Crippen molar-refractivity contribution >= 4 is 11.6 Å². The zero-order valence-corrected chi connectivity index (χ0v) is 12.9. The maximum atomic E-state index is 6.69. The number of hydrogen-bond acceptors (Lipinski definition) is 2. The Kier molecular flexibility index (Phi) is 4.29. The van der Waals surface area contributed by atoms with Crippen LogP contribution in [0.3, 0.4) is 0 Å². The number of benzene rings is 2. The van der Waals surface area contributed by atoms with Crippen LogP contribution in [-0.2, 0) is 12.1 Å². The van der Waals surface area contributed by atoms with Gasteiger partial charge in [-0.3, -0.25) is 4.90 Å². The molecular formula is C18H21ClN2. The molecule has 0 radical (unpaired) electrons. The van der Waals surface area contributed by atoms with Gasteiger partial charge in [0, 0.05) is 18.1 Å². The molecule has 110 valence electrons. The van der Waals surface area contributed by atoms with Crippen molar-refractivity contribution in [3.05, 3.63) is 70.7 Å². The molecule has 1 aliphatic rings. The van der Waals surface area contributed by atoms with Crippen LogP contribution in [0.2, 0.25) is 5.02 Å². The van der Waals surface area contributed by atoms with Gasteiger partial charge in [-0.25, -0.2) is 0 Å². The van der Waals surface area contributed by atoms with E-state index in [4.69, 9.17) is 17.3 Å². The first-order valence-corrected chi connectivity index (χ1v) is 7.85. The van der Waals surface area contributed by atoms with Crippen LogP contribution < -0.4 is 5.73 Å². The van der Waals surface area contributed by atoms with E-state index in [-0.39, 0.29) is 5.54 Å². The average Bonchev–Trinajstić information content (AvgIpc) is 2.49. The Balaban J connectivity index is 1.74. The largest absolute Gasteiger partial charge is 0.320 e. The molecule has 0 bridgehead atoms. The van der Waals surface area contributed by atoms with Gasteiger partial charge in [-0.2, -0.15) is 0 Å². The molecule has 0 aromatic heterocycles. The Morgan fingerprint density at radius 2 is 1.76 bits per heavy atom. The summed E-state index contributed by atoms with van der Waals surface area (Å²) in [6.07, 6.45) is 2.16. The quantitative estimate of drug-likeness (QED) is 0.934. The van der Waals surface area contributed by atoms with Gasteiger partial charge < -0.3 is 5.73 Å². The molecule has 1 heterocycles. The molecule has 2 nitrogen and oxygen atoms in total. The minimum Gasteiger partial charge on any atom is -0.320 e. The third-order valence-electron chi connectivity index (χ3n) is 4.27. The van der Waals surface area contributed by atoms with Crippen LogP contribution in [0, 0.1) is 0 Å². The van der Waals surface area contributed by atoms with Crippen LogP contribution in [0.25, 0.3) is 0 Å². The highest BCUT2D eigenvalue weighted by Gasteiger charge is 2.33. The van der Waals surface area contributed by atoms with E-state index in [2.05, 4.69) is 47.4 Å². The second-order valence-electron chi connectivity index (χ2n) is 5.96. The summed E-state index contributed by atoms with van der Waals surface area (Å²) in [4.78, 5) is 2.45. The van der Waals surface area contributed by atoms with Crippen molar-refractivity contribution in [2.75, 3.05) is 13.1 Å². The molecule has 0 aliphatic carbocycles. The highest BCUT2D eigenvalue weighted by atomic mass is 35.5. The predicted octanol–water partition coefficient (Wildman–Crippen LogP) is 3.79. The molecule has 0 amide bonds. The Hall–Kier alpha value is -1.35. The molecule has 1 atom stereocenters. The van der Waals surface area contributed by atoms with Crippen LogP contribution in [-0.4, -0.2) is 18.0 Å². The van der Waals surface area contributed by atoms with Crippen LogP contribution in [0.15, 0.2) is 54.6 Å². The van der Waals surface area contributed by atoms with E-state index >= 15 is 0 Å². The fraction of sp³-hybridized carbons (Fsp3) is 0.333. The lowest BCUT2D eigenvalue weighted by molar-refractivity contribution is 0.142. The van der Waals surface area contributed by atoms with Gasteiger partial charge in [-0.1, -0.05) is 54.1 Å². The van der Waals surface area contributed by atoms with Crippen molar-refractivity contribution in [1.82, 2.24) is 4.90 Å². The molecule has 1 unspecified atom stereocenters. The van der Waals surface area contributed by atoms with Crippen molar-refractivity contribution in [2.45, 2.75) is 24.9 Å². The molecular weight excluding hydrogens is 280 g/mol. The van der Waals surface area contributed by atoms with Gasteiger partial charge in [-0.05, 0) is 42.6 Å². The standard InChI is InChI=1S/C18H21ClN2/c19-17-9-7-16(8-10-17)18(20)11-4-12-21(14-18)13-15-5-2-1-3-6-15/h1-3,5-10H,4,11-14,20H2. The van der Waals surface area contributed by atoms with Crippen molar-refractivity contribution in [3.8, 4) is 0 Å². The van der Waals surface area contributed by atoms with E-state index in [1.54, 1.807) is 0 Å². The summed E-state index contributed by atoms with van der Waals surface area (Å²) in [5, 5.41) is 0.763. The van der Waals surface area contributed by atoms with Crippen LogP contribution in [0.1, 0.15) is 24.0 Å². The predicted molar refractivity (Wildman–Crippen MR) is 88.3 cm³/mol. The zero-order valence-electron chi connectivity index (χ0n) is 12.1. The van der Waals surface area contributed by atoms with E-state index < -0.39 is 0 Å². The topological polar surface area (TPSA) is 29.3 Å². The number of halogens is 1. The smallest absolute Gasteiger partial charge is 0.0539 e. The van der Waals surface area contributed by atoms with Gasteiger partial charge in [0.05, 0.1) is 5.54 Å². The molecule has 3 rings (SSSR count). The molecule has 3 heteroatoms. The molecule has 0 spiro atoms. The Morgan fingerprint density at radius 1 is 1.05 bits per heavy atom. The summed E-state index contributed by atoms with van der Waals surface area (Å²) in [6, 6.07) is 18.6. The molecule has 1 aliphatic heterocycles. The van der Waals surface area contributed by atoms with E-state index in [0.717, 1.165) is 37.5 Å². The number of nitrogens with two attached hydrogens (primary N) is 1. The molecule has 2 N–H and O–H groups in total. The van der Waals surface area contributed by atoms with E-state index in [1.165, 1.54) is 11.1 Å². The van der Waals surface area contributed by atoms with Crippen molar-refractivity contribution in [1.29, 1.82) is 0 Å². The molecule has 0 saturated carbocycles. The number of piperidine rings is 1. The van der Waals surface area contributed by atoms with Gasteiger partial charge in [-0.15, -0.1) is 0 Å². The minimum atomic E-state index is -0.266. The van der Waals surface area contributed by atoms with Crippen LogP contribution >= 0.6 is 11.6 Å². The zero-order chi connectivity index (χ0) is 14.7.